The van der Waals surface area contributed by atoms with E-state index in [1.807, 2.05) is 6.92 Å². The Hall–Kier alpha value is -2.95. The van der Waals surface area contributed by atoms with Gasteiger partial charge in [0.1, 0.15) is 0 Å². The van der Waals surface area contributed by atoms with E-state index in [1.54, 1.807) is 54.6 Å². The molecule has 2 aromatic carbocycles. The highest BCUT2D eigenvalue weighted by molar-refractivity contribution is 6.02. The zero-order valence-corrected chi connectivity index (χ0v) is 12.3. The first-order chi connectivity index (χ1) is 10.4. The van der Waals surface area contributed by atoms with Gasteiger partial charge in [0.05, 0.1) is 11.1 Å². The number of ether oxygens (including phenoxy) is 1. The van der Waals surface area contributed by atoms with Crippen LogP contribution in [0.5, 0.6) is 0 Å². The van der Waals surface area contributed by atoms with Crippen molar-refractivity contribution in [1.29, 1.82) is 0 Å². The molecule has 0 bridgehead atoms. The Kier molecular flexibility index (Phi) is 6.50. The predicted octanol–water partition coefficient (Wildman–Crippen LogP) is 3.08. The van der Waals surface area contributed by atoms with Crippen molar-refractivity contribution in [3.63, 3.8) is 0 Å². The summed E-state index contributed by atoms with van der Waals surface area (Å²) in [6.45, 7) is 3.00. The van der Waals surface area contributed by atoms with Gasteiger partial charge in [-0.05, 0) is 31.2 Å². The summed E-state index contributed by atoms with van der Waals surface area (Å²) in [4.78, 5) is 32.3. The van der Waals surface area contributed by atoms with Crippen molar-refractivity contribution >= 4 is 17.9 Å². The molecule has 0 aromatic heterocycles. The number of hydrogen-bond donors (Lipinski definition) is 1. The summed E-state index contributed by atoms with van der Waals surface area (Å²) < 4.78 is 4.78. The Morgan fingerprint density at radius 2 is 1.23 bits per heavy atom. The highest BCUT2D eigenvalue weighted by Crippen LogP contribution is 2.07. The molecule has 0 spiro atoms. The van der Waals surface area contributed by atoms with E-state index in [0.29, 0.717) is 11.1 Å². The molecule has 5 nitrogen and oxygen atoms in total. The Morgan fingerprint density at radius 3 is 1.68 bits per heavy atom. The molecule has 22 heavy (non-hydrogen) atoms. The van der Waals surface area contributed by atoms with E-state index in [2.05, 4.69) is 0 Å². The maximum absolute atomic E-state index is 11.7. The lowest BCUT2D eigenvalue weighted by Crippen LogP contribution is -2.12. The van der Waals surface area contributed by atoms with Crippen molar-refractivity contribution in [2.75, 3.05) is 0 Å². The minimum Gasteiger partial charge on any atom is -0.481 e. The van der Waals surface area contributed by atoms with Crippen molar-refractivity contribution < 1.29 is 24.2 Å². The number of aryl methyl sites for hydroxylation is 1. The number of carboxylic acids is 1. The third-order valence-electron chi connectivity index (χ3n) is 2.48. The normalized spacial score (nSPS) is 9.18. The molecule has 0 saturated heterocycles. The van der Waals surface area contributed by atoms with Gasteiger partial charge >= 0.3 is 11.9 Å². The van der Waals surface area contributed by atoms with E-state index in [1.165, 1.54) is 0 Å². The molecule has 114 valence electrons. The lowest BCUT2D eigenvalue weighted by atomic mass is 10.1. The predicted molar refractivity (Wildman–Crippen MR) is 80.7 cm³/mol. The molecule has 0 aliphatic carbocycles. The molecule has 0 amide bonds. The van der Waals surface area contributed by atoms with Crippen LogP contribution in [0, 0.1) is 6.92 Å². The van der Waals surface area contributed by atoms with Crippen LogP contribution in [-0.4, -0.2) is 23.0 Å². The molecule has 0 saturated carbocycles. The van der Waals surface area contributed by atoms with Crippen molar-refractivity contribution in [1.82, 2.24) is 0 Å². The summed E-state index contributed by atoms with van der Waals surface area (Å²) in [5.41, 5.74) is 1.77. The molecule has 0 heterocycles. The second kappa shape index (κ2) is 8.36. The Balaban J connectivity index is 0.000000541. The highest BCUT2D eigenvalue weighted by Gasteiger charge is 2.14. The molecule has 1 N–H and O–H groups in total. The molecule has 0 fully saturated rings. The molecule has 0 aliphatic rings. The SMILES string of the molecule is CC(=O)O.Cc1ccc(C(=O)OC(=O)c2ccccc2)cc1. The van der Waals surface area contributed by atoms with Gasteiger partial charge < -0.3 is 9.84 Å². The van der Waals surface area contributed by atoms with Gasteiger partial charge in [-0.1, -0.05) is 35.9 Å². The zero-order chi connectivity index (χ0) is 16.5. The fourth-order valence-corrected chi connectivity index (χ4v) is 1.47. The minimum absolute atomic E-state index is 0.359. The fraction of sp³-hybridized carbons (Fsp3) is 0.118. The van der Waals surface area contributed by atoms with E-state index < -0.39 is 17.9 Å². The van der Waals surface area contributed by atoms with Crippen LogP contribution in [0.15, 0.2) is 54.6 Å². The minimum atomic E-state index is -0.833. The van der Waals surface area contributed by atoms with Gasteiger partial charge in [-0.15, -0.1) is 0 Å². The quantitative estimate of drug-likeness (QED) is 0.681. The van der Waals surface area contributed by atoms with Crippen molar-refractivity contribution in [2.45, 2.75) is 13.8 Å². The maximum Gasteiger partial charge on any atom is 0.346 e. The van der Waals surface area contributed by atoms with Crippen molar-refractivity contribution in [3.05, 3.63) is 71.3 Å². The van der Waals surface area contributed by atoms with Crippen molar-refractivity contribution in [2.24, 2.45) is 0 Å². The average molecular weight is 300 g/mol. The lowest BCUT2D eigenvalue weighted by Gasteiger charge is -2.03. The third kappa shape index (κ3) is 6.00. The Morgan fingerprint density at radius 1 is 0.818 bits per heavy atom. The van der Waals surface area contributed by atoms with Gasteiger partial charge in [0.15, 0.2) is 0 Å². The maximum atomic E-state index is 11.7. The van der Waals surface area contributed by atoms with Crippen LogP contribution < -0.4 is 0 Å². The van der Waals surface area contributed by atoms with Crippen LogP contribution in [-0.2, 0) is 9.53 Å². The summed E-state index contributed by atoms with van der Waals surface area (Å²) in [6, 6.07) is 15.3. The van der Waals surface area contributed by atoms with Gasteiger partial charge in [0.25, 0.3) is 5.97 Å². The van der Waals surface area contributed by atoms with E-state index >= 15 is 0 Å². The number of benzene rings is 2. The number of aliphatic carboxylic acids is 1. The summed E-state index contributed by atoms with van der Waals surface area (Å²) in [5, 5.41) is 7.42. The van der Waals surface area contributed by atoms with Crippen LogP contribution in [0.25, 0.3) is 0 Å². The number of hydrogen-bond acceptors (Lipinski definition) is 4. The molecule has 0 aliphatic heterocycles. The fourth-order valence-electron chi connectivity index (χ4n) is 1.47. The van der Waals surface area contributed by atoms with Gasteiger partial charge in [0.2, 0.25) is 0 Å². The monoisotopic (exact) mass is 300 g/mol. The summed E-state index contributed by atoms with van der Waals surface area (Å²) in [5.74, 6) is -2.11. The van der Waals surface area contributed by atoms with Crippen LogP contribution >= 0.6 is 0 Å². The van der Waals surface area contributed by atoms with E-state index in [4.69, 9.17) is 14.6 Å². The molecule has 5 heteroatoms. The summed E-state index contributed by atoms with van der Waals surface area (Å²) >= 11 is 0. The smallest absolute Gasteiger partial charge is 0.346 e. The molecule has 0 unspecified atom stereocenters. The summed E-state index contributed by atoms with van der Waals surface area (Å²) in [7, 11) is 0. The molecule has 2 rings (SSSR count). The van der Waals surface area contributed by atoms with Crippen LogP contribution in [0.2, 0.25) is 0 Å². The molecule has 0 radical (unpaired) electrons. The van der Waals surface area contributed by atoms with Gasteiger partial charge in [-0.2, -0.15) is 0 Å². The number of carboxylic acid groups (broad SMARTS) is 1. The molecule has 2 aromatic rings. The first kappa shape index (κ1) is 17.1. The number of carbonyl (C=O) groups excluding carboxylic acids is 2. The third-order valence-corrected chi connectivity index (χ3v) is 2.48. The second-order valence-electron chi connectivity index (χ2n) is 4.43. The van der Waals surface area contributed by atoms with E-state index in [9.17, 15) is 9.59 Å². The second-order valence-corrected chi connectivity index (χ2v) is 4.43. The Labute approximate surface area is 128 Å². The molecular formula is C17H16O5. The van der Waals surface area contributed by atoms with Crippen LogP contribution in [0.3, 0.4) is 0 Å². The van der Waals surface area contributed by atoms with E-state index in [-0.39, 0.29) is 0 Å². The first-order valence-electron chi connectivity index (χ1n) is 6.48. The number of carbonyl (C=O) groups is 3. The summed E-state index contributed by atoms with van der Waals surface area (Å²) in [6.07, 6.45) is 0. The Bertz CT molecular complexity index is 641. The van der Waals surface area contributed by atoms with Gasteiger partial charge in [-0.25, -0.2) is 9.59 Å². The number of rotatable bonds is 2. The standard InChI is InChI=1S/C15H12O3.C2H4O2/c1-11-7-9-13(10-8-11)15(17)18-14(16)12-5-3-2-4-6-12;1-2(3)4/h2-10H,1H3;1H3,(H,3,4). The van der Waals surface area contributed by atoms with Crippen molar-refractivity contribution in [3.8, 4) is 0 Å². The van der Waals surface area contributed by atoms with Crippen LogP contribution in [0.1, 0.15) is 33.2 Å². The van der Waals surface area contributed by atoms with Gasteiger partial charge in [-0.3, -0.25) is 4.79 Å². The largest absolute Gasteiger partial charge is 0.481 e. The molecule has 0 atom stereocenters. The molecular weight excluding hydrogens is 284 g/mol. The lowest BCUT2D eigenvalue weighted by molar-refractivity contribution is -0.134. The zero-order valence-electron chi connectivity index (χ0n) is 12.3. The van der Waals surface area contributed by atoms with Crippen LogP contribution in [0.4, 0.5) is 0 Å². The van der Waals surface area contributed by atoms with Gasteiger partial charge in [0, 0.05) is 6.92 Å². The van der Waals surface area contributed by atoms with E-state index in [0.717, 1.165) is 12.5 Å². The highest BCUT2D eigenvalue weighted by atomic mass is 16.6. The first-order valence-corrected chi connectivity index (χ1v) is 6.48. The topological polar surface area (TPSA) is 80.7 Å². The number of esters is 2. The average Bonchev–Trinajstić information content (AvgIpc) is 2.48.